The first-order chi connectivity index (χ1) is 9.35. The van der Waals surface area contributed by atoms with Crippen molar-refractivity contribution >= 4 is 11.8 Å². The van der Waals surface area contributed by atoms with Crippen LogP contribution in [-0.4, -0.2) is 42.7 Å². The minimum absolute atomic E-state index is 0.617. The van der Waals surface area contributed by atoms with Crippen molar-refractivity contribution in [3.8, 4) is 6.07 Å². The lowest BCUT2D eigenvalue weighted by Gasteiger charge is -2.28. The molecule has 0 N–H and O–H groups in total. The van der Waals surface area contributed by atoms with Crippen molar-refractivity contribution in [2.45, 2.75) is 19.0 Å². The molecule has 1 saturated heterocycles. The molecule has 1 aliphatic rings. The summed E-state index contributed by atoms with van der Waals surface area (Å²) in [6, 6.07) is 10.8. The first kappa shape index (κ1) is 14.4. The van der Waals surface area contributed by atoms with E-state index in [4.69, 9.17) is 4.74 Å². The van der Waals surface area contributed by atoms with Crippen molar-refractivity contribution < 1.29 is 4.74 Å². The number of benzene rings is 1. The van der Waals surface area contributed by atoms with Crippen molar-refractivity contribution in [2.24, 2.45) is 0 Å². The summed E-state index contributed by atoms with van der Waals surface area (Å²) in [4.78, 5) is 2.46. The average Bonchev–Trinajstić information content (AvgIpc) is 2.98. The Balaban J connectivity index is 2.08. The minimum Gasteiger partial charge on any atom is -0.383 e. The van der Waals surface area contributed by atoms with E-state index < -0.39 is 0 Å². The van der Waals surface area contributed by atoms with Crippen LogP contribution in [0.3, 0.4) is 0 Å². The predicted octanol–water partition coefficient (Wildman–Crippen LogP) is 2.51. The molecule has 0 bridgehead atoms. The molecule has 1 fully saturated rings. The van der Waals surface area contributed by atoms with Gasteiger partial charge in [-0.2, -0.15) is 17.0 Å². The molecular weight excluding hydrogens is 256 g/mol. The highest BCUT2D eigenvalue weighted by atomic mass is 32.2. The van der Waals surface area contributed by atoms with Gasteiger partial charge in [-0.05, 0) is 23.8 Å². The molecule has 19 heavy (non-hydrogen) atoms. The highest BCUT2D eigenvalue weighted by Gasteiger charge is 2.23. The summed E-state index contributed by atoms with van der Waals surface area (Å²) in [6.07, 6.45) is 1.24. The van der Waals surface area contributed by atoms with Gasteiger partial charge in [0.25, 0.3) is 0 Å². The number of hydrogen-bond donors (Lipinski definition) is 0. The summed E-state index contributed by atoms with van der Waals surface area (Å²) in [5.74, 6) is 2.44. The quantitative estimate of drug-likeness (QED) is 0.800. The van der Waals surface area contributed by atoms with E-state index in [1.54, 1.807) is 7.11 Å². The fourth-order valence-corrected chi connectivity index (χ4v) is 3.65. The number of rotatable bonds is 6. The van der Waals surface area contributed by atoms with Crippen LogP contribution in [-0.2, 0) is 11.3 Å². The van der Waals surface area contributed by atoms with Gasteiger partial charge in [0.05, 0.1) is 18.2 Å². The number of hydrogen-bond acceptors (Lipinski definition) is 4. The second-order valence-electron chi connectivity index (χ2n) is 4.75. The Morgan fingerprint density at radius 3 is 3.00 bits per heavy atom. The molecule has 0 saturated carbocycles. The van der Waals surface area contributed by atoms with E-state index in [0.717, 1.165) is 30.8 Å². The summed E-state index contributed by atoms with van der Waals surface area (Å²) >= 11 is 2.02. The zero-order chi connectivity index (χ0) is 13.5. The van der Waals surface area contributed by atoms with Crippen molar-refractivity contribution in [1.82, 2.24) is 4.90 Å². The van der Waals surface area contributed by atoms with Crippen molar-refractivity contribution in [3.63, 3.8) is 0 Å². The molecule has 1 aromatic rings. The maximum Gasteiger partial charge on any atom is 0.0995 e. The Morgan fingerprint density at radius 1 is 1.47 bits per heavy atom. The summed E-state index contributed by atoms with van der Waals surface area (Å²) in [5, 5.41) is 9.18. The third kappa shape index (κ3) is 3.97. The highest BCUT2D eigenvalue weighted by Crippen LogP contribution is 2.24. The van der Waals surface area contributed by atoms with Crippen molar-refractivity contribution in [1.29, 1.82) is 5.26 Å². The fraction of sp³-hybridized carbons (Fsp3) is 0.533. The van der Waals surface area contributed by atoms with E-state index in [2.05, 4.69) is 17.0 Å². The lowest BCUT2D eigenvalue weighted by molar-refractivity contribution is 0.121. The molecule has 102 valence electrons. The van der Waals surface area contributed by atoms with Gasteiger partial charge in [-0.3, -0.25) is 4.90 Å². The van der Waals surface area contributed by atoms with Gasteiger partial charge in [-0.1, -0.05) is 18.2 Å². The van der Waals surface area contributed by atoms with E-state index in [1.807, 2.05) is 30.0 Å². The number of methoxy groups -OCH3 is 1. The summed E-state index contributed by atoms with van der Waals surface area (Å²) in [5.41, 5.74) is 1.91. The fourth-order valence-electron chi connectivity index (χ4n) is 2.40. The van der Waals surface area contributed by atoms with E-state index in [0.29, 0.717) is 6.04 Å². The van der Waals surface area contributed by atoms with Crippen LogP contribution < -0.4 is 0 Å². The van der Waals surface area contributed by atoms with E-state index in [9.17, 15) is 5.26 Å². The number of thioether (sulfide) groups is 1. The summed E-state index contributed by atoms with van der Waals surface area (Å²) in [7, 11) is 1.74. The third-order valence-electron chi connectivity index (χ3n) is 3.52. The van der Waals surface area contributed by atoms with Crippen LogP contribution in [0.4, 0.5) is 0 Å². The molecule has 0 aliphatic carbocycles. The largest absolute Gasteiger partial charge is 0.383 e. The maximum absolute atomic E-state index is 9.18. The van der Waals surface area contributed by atoms with E-state index in [1.165, 1.54) is 17.9 Å². The molecule has 0 aromatic heterocycles. The molecule has 1 aromatic carbocycles. The Labute approximate surface area is 119 Å². The average molecular weight is 276 g/mol. The molecule has 0 spiro atoms. The lowest BCUT2D eigenvalue weighted by atomic mass is 10.1. The van der Waals surface area contributed by atoms with Crippen LogP contribution in [0.25, 0.3) is 0 Å². The Hall–Kier alpha value is -1.02. The smallest absolute Gasteiger partial charge is 0.0995 e. The van der Waals surface area contributed by atoms with Gasteiger partial charge in [0, 0.05) is 32.0 Å². The maximum atomic E-state index is 9.18. The monoisotopic (exact) mass is 276 g/mol. The van der Waals surface area contributed by atoms with Crippen LogP contribution in [0, 0.1) is 11.3 Å². The number of nitrogens with zero attached hydrogens (tertiary/aromatic N) is 2. The van der Waals surface area contributed by atoms with Gasteiger partial charge in [0.2, 0.25) is 0 Å². The summed E-state index contributed by atoms with van der Waals surface area (Å²) < 4.78 is 5.21. The second kappa shape index (κ2) is 7.54. The minimum atomic E-state index is 0.617. The topological polar surface area (TPSA) is 36.3 Å². The molecule has 1 heterocycles. The van der Waals surface area contributed by atoms with Crippen LogP contribution in [0.15, 0.2) is 24.3 Å². The molecule has 0 amide bonds. The second-order valence-corrected chi connectivity index (χ2v) is 5.90. The molecule has 0 radical (unpaired) electrons. The third-order valence-corrected chi connectivity index (χ3v) is 4.66. The molecule has 1 atom stereocenters. The van der Waals surface area contributed by atoms with Crippen LogP contribution >= 0.6 is 11.8 Å². The SMILES string of the molecule is COCCN(Cc1ccccc1C#N)[C@H]1CCSC1. The van der Waals surface area contributed by atoms with Crippen molar-refractivity contribution in [3.05, 3.63) is 35.4 Å². The molecular formula is C15H20N2OS. The van der Waals surface area contributed by atoms with E-state index in [-0.39, 0.29) is 0 Å². The van der Waals surface area contributed by atoms with Gasteiger partial charge >= 0.3 is 0 Å². The Bertz CT molecular complexity index is 438. The molecule has 4 heteroatoms. The van der Waals surface area contributed by atoms with Crippen molar-refractivity contribution in [2.75, 3.05) is 31.8 Å². The lowest BCUT2D eigenvalue weighted by Crippen LogP contribution is -2.37. The molecule has 0 unspecified atom stereocenters. The van der Waals surface area contributed by atoms with Crippen LogP contribution in [0.1, 0.15) is 17.5 Å². The standard InChI is InChI=1S/C15H20N2OS/c1-18-8-7-17(15-6-9-19-12-15)11-14-5-3-2-4-13(14)10-16/h2-5,15H,6-9,11-12H2,1H3/t15-/m0/s1. The number of nitriles is 1. The molecule has 2 rings (SSSR count). The van der Waals surface area contributed by atoms with Gasteiger partial charge in [-0.25, -0.2) is 0 Å². The van der Waals surface area contributed by atoms with Gasteiger partial charge < -0.3 is 4.74 Å². The van der Waals surface area contributed by atoms with Gasteiger partial charge in [-0.15, -0.1) is 0 Å². The van der Waals surface area contributed by atoms with Gasteiger partial charge in [0.1, 0.15) is 0 Å². The van der Waals surface area contributed by atoms with Gasteiger partial charge in [0.15, 0.2) is 0 Å². The highest BCUT2D eigenvalue weighted by molar-refractivity contribution is 7.99. The zero-order valence-corrected chi connectivity index (χ0v) is 12.2. The number of ether oxygens (including phenoxy) is 1. The Kier molecular flexibility index (Phi) is 5.71. The first-order valence-electron chi connectivity index (χ1n) is 6.64. The summed E-state index contributed by atoms with van der Waals surface area (Å²) in [6.45, 7) is 2.52. The molecule has 1 aliphatic heterocycles. The van der Waals surface area contributed by atoms with Crippen LogP contribution in [0.2, 0.25) is 0 Å². The van der Waals surface area contributed by atoms with E-state index >= 15 is 0 Å². The first-order valence-corrected chi connectivity index (χ1v) is 7.79. The zero-order valence-electron chi connectivity index (χ0n) is 11.3. The normalized spacial score (nSPS) is 18.7. The van der Waals surface area contributed by atoms with Crippen LogP contribution in [0.5, 0.6) is 0 Å². The predicted molar refractivity (Wildman–Crippen MR) is 79.2 cm³/mol. The Morgan fingerprint density at radius 2 is 2.32 bits per heavy atom. The molecule has 3 nitrogen and oxygen atoms in total.